The maximum Gasteiger partial charge on any atom is 1.00 e. The molecular weight excluding hydrogens is 1150 g/mol. The summed E-state index contributed by atoms with van der Waals surface area (Å²) >= 11 is 10.8. The van der Waals surface area contributed by atoms with Crippen molar-refractivity contribution in [1.82, 2.24) is 35.9 Å². The van der Waals surface area contributed by atoms with Crippen molar-refractivity contribution < 1.29 is 77.2 Å². The number of carbonyl (C=O) groups excluding carboxylic acids is 5. The van der Waals surface area contributed by atoms with E-state index in [4.69, 9.17) is 37.0 Å². The molecule has 8 heterocycles. The van der Waals surface area contributed by atoms with Crippen molar-refractivity contribution >= 4 is 140 Å². The average Bonchev–Trinajstić information content (AvgIpc) is 4.42. The van der Waals surface area contributed by atoms with E-state index >= 15 is 0 Å². The number of nitrogens with zero attached hydrogens (tertiary/aromatic N) is 4. The normalized spacial score (nSPS) is 11.2. The van der Waals surface area contributed by atoms with Crippen molar-refractivity contribution in [3.8, 4) is 0 Å². The number of aryl methyl sites for hydroxylation is 3. The number of aromatic carboxylic acids is 2. The maximum absolute atomic E-state index is 12.8. The molecule has 0 aliphatic rings. The predicted molar refractivity (Wildman–Crippen MR) is 309 cm³/mol. The SMILES string of the molecule is Cc1ccnc2cc(C(=O)NC[C@@H](N)C(=O)O)sc12.Cc1ccnc2cc(C(=O)NC[C@@H](NC(=O)OCc3ccccc3)C(=O)OCc3ccccc3)sc12.Cc1ccnc2cc(C(=O)O)sc12.O=C([O-])c1cc2nccc(Cl)c2s1.[Li+]. The Morgan fingerprint density at radius 1 is 0.573 bits per heavy atom. The summed E-state index contributed by atoms with van der Waals surface area (Å²) in [4.78, 5) is 99.6. The van der Waals surface area contributed by atoms with E-state index in [1.807, 2.05) is 99.6 Å². The van der Waals surface area contributed by atoms with E-state index in [9.17, 15) is 38.7 Å². The number of fused-ring (bicyclic) bond motifs is 4. The third kappa shape index (κ3) is 17.4. The second kappa shape index (κ2) is 30.0. The maximum atomic E-state index is 12.8. The number of nitrogens with one attached hydrogen (secondary N) is 3. The summed E-state index contributed by atoms with van der Waals surface area (Å²) in [6, 6.07) is 29.8. The summed E-state index contributed by atoms with van der Waals surface area (Å²) in [5, 5.41) is 36.1. The molecule has 20 nitrogen and oxygen atoms in total. The van der Waals surface area contributed by atoms with Gasteiger partial charge in [0.1, 0.15) is 30.2 Å². The van der Waals surface area contributed by atoms with E-state index in [0.29, 0.717) is 29.9 Å². The van der Waals surface area contributed by atoms with E-state index in [-0.39, 0.29) is 61.9 Å². The molecule has 0 aliphatic heterocycles. The number of aromatic nitrogens is 4. The molecular formula is C56H48ClLiN8O12S4. The molecule has 2 aromatic carbocycles. The van der Waals surface area contributed by atoms with Gasteiger partial charge >= 0.3 is 42.9 Å². The van der Waals surface area contributed by atoms with Gasteiger partial charge in [-0.3, -0.25) is 34.3 Å². The number of carbonyl (C=O) groups is 7. The predicted octanol–water partition coefficient (Wildman–Crippen LogP) is 5.74. The van der Waals surface area contributed by atoms with Crippen LogP contribution < -0.4 is 45.7 Å². The van der Waals surface area contributed by atoms with Crippen molar-refractivity contribution in [3.05, 3.63) is 186 Å². The van der Waals surface area contributed by atoms with Crippen LogP contribution in [0.25, 0.3) is 40.9 Å². The molecule has 7 N–H and O–H groups in total. The number of aliphatic carboxylic acids is 1. The number of hydrogen-bond donors (Lipinski definition) is 6. The van der Waals surface area contributed by atoms with Gasteiger partial charge in [-0.25, -0.2) is 14.4 Å². The smallest absolute Gasteiger partial charge is 0.544 e. The first-order chi connectivity index (χ1) is 38.8. The van der Waals surface area contributed by atoms with Crippen molar-refractivity contribution in [2.75, 3.05) is 13.1 Å². The Labute approximate surface area is 500 Å². The van der Waals surface area contributed by atoms with Crippen LogP contribution in [0.3, 0.4) is 0 Å². The summed E-state index contributed by atoms with van der Waals surface area (Å²) in [5.74, 6) is -4.63. The van der Waals surface area contributed by atoms with Crippen LogP contribution in [0.2, 0.25) is 5.02 Å². The summed E-state index contributed by atoms with van der Waals surface area (Å²) in [7, 11) is 0. The van der Waals surface area contributed by atoms with Crippen LogP contribution in [0.4, 0.5) is 4.79 Å². The molecule has 8 aromatic heterocycles. The molecule has 10 aromatic rings. The fourth-order valence-electron chi connectivity index (χ4n) is 7.12. The molecule has 2 atom stereocenters. The quantitative estimate of drug-likeness (QED) is 0.0526. The van der Waals surface area contributed by atoms with Gasteiger partial charge in [0.05, 0.1) is 66.5 Å². The Morgan fingerprint density at radius 3 is 1.41 bits per heavy atom. The fourth-order valence-corrected chi connectivity index (χ4v) is 11.2. The number of halogens is 1. The first-order valence-corrected chi connectivity index (χ1v) is 27.8. The zero-order valence-electron chi connectivity index (χ0n) is 44.0. The standard InChI is InChI=1S/C27H25N3O5S.C12H13N3O3S.C9H7NO2S.C8H4ClNO2S.Li/c1-18-12-13-28-21-14-23(36-24(18)21)25(31)29-15-22(26(32)34-16-19-8-4-2-5-9-19)30-27(33)35-17-20-10-6-3-7-11-20;1-6-2-3-14-8-4-9(19-10(6)8)11(16)15-5-7(13)12(17)18;1-5-2-3-10-6-4-7(9(11)12)13-8(5)6;9-4-1-2-10-5-3-6(8(11)12)13-7(4)5;/h2-14,22H,15-17H2,1H3,(H,29,31)(H,30,33);2-4,7H,5,13H2,1H3,(H,15,16)(H,17,18);2-4H,1H3,(H,11,12);1-3H,(H,11,12);/q;;;;+1/p-1/t22-;7-;;;/m11.../s1. The van der Waals surface area contributed by atoms with Gasteiger partial charge in [-0.05, 0) is 97.1 Å². The van der Waals surface area contributed by atoms with Crippen LogP contribution in [0, 0.1) is 20.8 Å². The Hall–Kier alpha value is -8.18. The van der Waals surface area contributed by atoms with Gasteiger partial charge in [0.2, 0.25) is 0 Å². The number of ether oxygens (including phenoxy) is 2. The molecule has 0 bridgehead atoms. The Kier molecular flexibility index (Phi) is 23.1. The summed E-state index contributed by atoms with van der Waals surface area (Å²) in [6.07, 6.45) is 5.81. The van der Waals surface area contributed by atoms with Crippen LogP contribution in [0.1, 0.15) is 66.5 Å². The summed E-state index contributed by atoms with van der Waals surface area (Å²) in [5.41, 5.74) is 12.9. The van der Waals surface area contributed by atoms with Crippen molar-refractivity contribution in [2.45, 2.75) is 46.1 Å². The fraction of sp³-hybridized carbons (Fsp3) is 0.161. The van der Waals surface area contributed by atoms with Crippen LogP contribution in [-0.2, 0) is 32.3 Å². The number of carboxylic acids is 3. The van der Waals surface area contributed by atoms with E-state index in [0.717, 1.165) is 69.8 Å². The van der Waals surface area contributed by atoms with E-state index in [1.165, 1.54) is 46.3 Å². The minimum atomic E-state index is -1.20. The molecule has 10 rings (SSSR count). The first-order valence-electron chi connectivity index (χ1n) is 24.1. The van der Waals surface area contributed by atoms with Gasteiger partial charge in [-0.15, -0.1) is 45.3 Å². The van der Waals surface area contributed by atoms with Crippen LogP contribution >= 0.6 is 56.9 Å². The molecule has 0 aliphatic carbocycles. The van der Waals surface area contributed by atoms with Crippen molar-refractivity contribution in [1.29, 1.82) is 0 Å². The molecule has 0 saturated heterocycles. The van der Waals surface area contributed by atoms with Gasteiger partial charge in [-0.2, -0.15) is 0 Å². The van der Waals surface area contributed by atoms with Crippen LogP contribution in [-0.4, -0.2) is 97.1 Å². The monoisotopic (exact) mass is 1190 g/mol. The number of thiophene rings is 4. The first kappa shape index (κ1) is 63.0. The van der Waals surface area contributed by atoms with E-state index < -0.39 is 42.1 Å². The third-order valence-corrected chi connectivity index (χ3v) is 16.7. The molecule has 26 heteroatoms. The molecule has 82 heavy (non-hydrogen) atoms. The molecule has 0 unspecified atom stereocenters. The summed E-state index contributed by atoms with van der Waals surface area (Å²) in [6.45, 7) is 5.65. The summed E-state index contributed by atoms with van der Waals surface area (Å²) < 4.78 is 14.1. The molecule has 0 spiro atoms. The van der Waals surface area contributed by atoms with Gasteiger partial charge < -0.3 is 51.3 Å². The van der Waals surface area contributed by atoms with Crippen molar-refractivity contribution in [2.24, 2.45) is 5.73 Å². The van der Waals surface area contributed by atoms with Crippen molar-refractivity contribution in [3.63, 3.8) is 0 Å². The number of carboxylic acid groups (broad SMARTS) is 3. The Balaban J connectivity index is 0.000000195. The number of alkyl carbamates (subject to hydrolysis) is 1. The second-order valence-corrected chi connectivity index (χ2v) is 21.9. The second-order valence-electron chi connectivity index (χ2n) is 17.3. The minimum absolute atomic E-state index is 0. The molecule has 0 fully saturated rings. The number of amides is 3. The Bertz CT molecular complexity index is 3810. The Morgan fingerprint density at radius 2 is 0.976 bits per heavy atom. The molecule has 3 amide bonds. The minimum Gasteiger partial charge on any atom is -0.544 e. The van der Waals surface area contributed by atoms with Gasteiger partial charge in [0.25, 0.3) is 11.8 Å². The number of nitrogens with two attached hydrogens (primary N) is 1. The van der Waals surface area contributed by atoms with E-state index in [2.05, 4.69) is 35.9 Å². The van der Waals surface area contributed by atoms with Gasteiger partial charge in [0.15, 0.2) is 0 Å². The number of esters is 1. The average molecular weight is 1200 g/mol. The molecule has 416 valence electrons. The number of hydrogen-bond acceptors (Lipinski definition) is 19. The number of benzene rings is 2. The number of pyridine rings is 4. The third-order valence-electron chi connectivity index (χ3n) is 11.3. The van der Waals surface area contributed by atoms with Crippen LogP contribution in [0.15, 0.2) is 134 Å². The zero-order chi connectivity index (χ0) is 58.2. The topological polar surface area (TPSA) is 315 Å². The van der Waals surface area contributed by atoms with E-state index in [1.54, 1.807) is 42.9 Å². The van der Waals surface area contributed by atoms with Crippen LogP contribution in [0.5, 0.6) is 0 Å². The number of rotatable bonds is 15. The van der Waals surface area contributed by atoms with Gasteiger partial charge in [-0.1, -0.05) is 72.3 Å². The molecule has 0 radical (unpaired) electrons. The largest absolute Gasteiger partial charge is 1.00 e. The molecule has 0 saturated carbocycles. The van der Waals surface area contributed by atoms with Gasteiger partial charge in [0, 0.05) is 37.9 Å². The zero-order valence-corrected chi connectivity index (χ0v) is 48.1.